The molecule has 0 spiro atoms. The Bertz CT molecular complexity index is 790. The normalized spacial score (nSPS) is 35.2. The van der Waals surface area contributed by atoms with Crippen molar-refractivity contribution in [2.45, 2.75) is 44.3 Å². The van der Waals surface area contributed by atoms with Crippen LogP contribution < -0.4 is 0 Å². The summed E-state index contributed by atoms with van der Waals surface area (Å²) in [6.07, 6.45) is 9.57. The van der Waals surface area contributed by atoms with Gasteiger partial charge < -0.3 is 9.84 Å². The van der Waals surface area contributed by atoms with Crippen LogP contribution in [0, 0.1) is 35.0 Å². The molecule has 28 heavy (non-hydrogen) atoms. The minimum atomic E-state index is -1.16. The van der Waals surface area contributed by atoms with Gasteiger partial charge in [0.2, 0.25) is 5.79 Å². The molecule has 2 saturated carbocycles. The largest absolute Gasteiger partial charge is 0.506 e. The Balaban J connectivity index is 1.70. The van der Waals surface area contributed by atoms with Crippen LogP contribution in [0.3, 0.4) is 0 Å². The number of nitrogens with zero attached hydrogens (tertiary/aromatic N) is 1. The summed E-state index contributed by atoms with van der Waals surface area (Å²) in [5.74, 6) is 1.24. The van der Waals surface area contributed by atoms with Crippen molar-refractivity contribution in [2.75, 3.05) is 13.7 Å². The van der Waals surface area contributed by atoms with Crippen LogP contribution in [0.1, 0.15) is 49.7 Å². The number of ether oxygens (including phenoxy) is 1. The van der Waals surface area contributed by atoms with E-state index in [1.54, 1.807) is 19.2 Å². The van der Waals surface area contributed by atoms with E-state index in [9.17, 15) is 5.11 Å². The lowest BCUT2D eigenvalue weighted by Gasteiger charge is -2.46. The van der Waals surface area contributed by atoms with Crippen LogP contribution in [-0.4, -0.2) is 18.8 Å². The highest BCUT2D eigenvalue weighted by Crippen LogP contribution is 2.51. The molecule has 5 rings (SSSR count). The first-order chi connectivity index (χ1) is 13.5. The van der Waals surface area contributed by atoms with E-state index >= 15 is 0 Å². The minimum Gasteiger partial charge on any atom is -0.506 e. The van der Waals surface area contributed by atoms with Gasteiger partial charge in [0.15, 0.2) is 0 Å². The fourth-order valence-electron chi connectivity index (χ4n) is 5.59. The topological polar surface area (TPSA) is 71.7 Å². The molecule has 3 atom stereocenters. The highest BCUT2D eigenvalue weighted by atomic mass is 35.5. The molecular formula is C22H26ClNO4. The quantitative estimate of drug-likeness (QED) is 0.556. The van der Waals surface area contributed by atoms with E-state index in [-0.39, 0.29) is 10.8 Å². The maximum absolute atomic E-state index is 10.6. The predicted octanol–water partition coefficient (Wildman–Crippen LogP) is 5.18. The number of allylic oxidation sites excluding steroid dienone is 1. The Morgan fingerprint density at radius 2 is 1.86 bits per heavy atom. The number of nitriles is 1. The van der Waals surface area contributed by atoms with E-state index in [4.69, 9.17) is 31.4 Å². The molecule has 0 radical (unpaired) electrons. The number of fused-ring (bicyclic) bond motifs is 4. The number of phenolic OH excluding ortho intramolecular Hbond substituents is 1. The number of methoxy groups -OCH3 is 1. The average molecular weight is 404 g/mol. The van der Waals surface area contributed by atoms with E-state index in [1.165, 1.54) is 44.3 Å². The van der Waals surface area contributed by atoms with Crippen molar-refractivity contribution in [2.24, 2.45) is 23.7 Å². The smallest absolute Gasteiger partial charge is 0.229 e. The van der Waals surface area contributed by atoms with Crippen LogP contribution >= 0.6 is 11.6 Å². The SMILES string of the molecule is COC1(c2ccc(/C=C/C#N)c(O)c2Cl)CC2CC3CC(COO1)CC(C3)C2. The second kappa shape index (κ2) is 8.04. The average Bonchev–Trinajstić information content (AvgIpc) is 2.67. The van der Waals surface area contributed by atoms with E-state index in [2.05, 4.69) is 0 Å². The van der Waals surface area contributed by atoms with E-state index in [0.29, 0.717) is 36.0 Å². The van der Waals surface area contributed by atoms with Gasteiger partial charge in [0.05, 0.1) is 17.7 Å². The summed E-state index contributed by atoms with van der Waals surface area (Å²) in [6.45, 7) is 0.551. The summed E-state index contributed by atoms with van der Waals surface area (Å²) in [7, 11) is 1.59. The molecule has 0 aromatic heterocycles. The molecule has 1 N–H and O–H groups in total. The first-order valence-corrected chi connectivity index (χ1v) is 10.4. The standard InChI is InChI=1S/C22H26ClNO4/c1-26-22(19-5-4-18(3-2-6-24)21(25)20(19)23)12-16-8-14-7-15(9-16)11-17(10-14)13-27-28-22/h2-5,14-17,25H,7-13H2,1H3/b3-2+. The summed E-state index contributed by atoms with van der Waals surface area (Å²) in [5.41, 5.74) is 1.03. The monoisotopic (exact) mass is 403 g/mol. The Hall–Kier alpha value is -1.58. The molecule has 4 fully saturated rings. The van der Waals surface area contributed by atoms with E-state index < -0.39 is 5.79 Å². The second-order valence-electron chi connectivity index (χ2n) is 8.50. The molecule has 4 aliphatic rings. The zero-order valence-electron chi connectivity index (χ0n) is 16.1. The van der Waals surface area contributed by atoms with Gasteiger partial charge in [-0.1, -0.05) is 23.7 Å². The molecule has 2 aliphatic heterocycles. The van der Waals surface area contributed by atoms with Crippen molar-refractivity contribution in [3.8, 4) is 11.8 Å². The number of hydrogen-bond donors (Lipinski definition) is 1. The van der Waals surface area contributed by atoms with Crippen molar-refractivity contribution in [1.29, 1.82) is 5.26 Å². The van der Waals surface area contributed by atoms with Crippen molar-refractivity contribution in [1.82, 2.24) is 0 Å². The lowest BCUT2D eigenvalue weighted by Crippen LogP contribution is -2.41. The van der Waals surface area contributed by atoms with Crippen molar-refractivity contribution in [3.05, 3.63) is 34.4 Å². The lowest BCUT2D eigenvalue weighted by molar-refractivity contribution is -0.443. The van der Waals surface area contributed by atoms with E-state index in [0.717, 1.165) is 11.8 Å². The number of hydrogen-bond acceptors (Lipinski definition) is 5. The van der Waals surface area contributed by atoms with Crippen LogP contribution in [0.4, 0.5) is 0 Å². The Morgan fingerprint density at radius 3 is 2.54 bits per heavy atom. The molecule has 1 aromatic carbocycles. The summed E-state index contributed by atoms with van der Waals surface area (Å²) in [6, 6.07) is 5.42. The number of aromatic hydroxyl groups is 1. The van der Waals surface area contributed by atoms with E-state index in [1.807, 2.05) is 6.07 Å². The van der Waals surface area contributed by atoms with Gasteiger partial charge in [0.25, 0.3) is 0 Å². The highest BCUT2D eigenvalue weighted by Gasteiger charge is 2.45. The maximum Gasteiger partial charge on any atom is 0.229 e. The van der Waals surface area contributed by atoms with Crippen molar-refractivity contribution in [3.63, 3.8) is 0 Å². The zero-order chi connectivity index (χ0) is 19.7. The molecule has 4 bridgehead atoms. The van der Waals surface area contributed by atoms with Crippen LogP contribution in [-0.2, 0) is 20.3 Å². The zero-order valence-corrected chi connectivity index (χ0v) is 16.8. The first kappa shape index (κ1) is 19.7. The summed E-state index contributed by atoms with van der Waals surface area (Å²) >= 11 is 6.53. The third-order valence-electron chi connectivity index (χ3n) is 6.61. The van der Waals surface area contributed by atoms with Crippen molar-refractivity contribution < 1.29 is 19.6 Å². The fraction of sp³-hybridized carbons (Fsp3) is 0.591. The number of phenols is 1. The molecule has 2 saturated heterocycles. The van der Waals surface area contributed by atoms with Gasteiger partial charge in [-0.3, -0.25) is 0 Å². The minimum absolute atomic E-state index is 0.0906. The number of halogens is 1. The van der Waals surface area contributed by atoms with Gasteiger partial charge in [0.1, 0.15) is 5.75 Å². The van der Waals surface area contributed by atoms with Crippen LogP contribution in [0.5, 0.6) is 5.75 Å². The second-order valence-corrected chi connectivity index (χ2v) is 8.88. The van der Waals surface area contributed by atoms with Gasteiger partial charge in [-0.25, -0.2) is 4.89 Å². The number of rotatable bonds is 3. The molecule has 1 aromatic rings. The summed E-state index contributed by atoms with van der Waals surface area (Å²) in [5, 5.41) is 19.5. The molecule has 3 unspecified atom stereocenters. The van der Waals surface area contributed by atoms with Crippen LogP contribution in [0.25, 0.3) is 6.08 Å². The number of benzene rings is 1. The third kappa shape index (κ3) is 3.67. The van der Waals surface area contributed by atoms with Gasteiger partial charge in [0, 0.05) is 30.7 Å². The summed E-state index contributed by atoms with van der Waals surface area (Å²) < 4.78 is 5.88. The van der Waals surface area contributed by atoms with Crippen LogP contribution in [0.15, 0.2) is 18.2 Å². The Kier molecular flexibility index (Phi) is 5.66. The molecule has 5 nitrogen and oxygen atoms in total. The Morgan fingerprint density at radius 1 is 1.18 bits per heavy atom. The Labute approximate surface area is 170 Å². The first-order valence-electron chi connectivity index (χ1n) is 9.98. The molecule has 2 heterocycles. The van der Waals surface area contributed by atoms with Gasteiger partial charge in [-0.2, -0.15) is 10.1 Å². The van der Waals surface area contributed by atoms with Gasteiger partial charge >= 0.3 is 0 Å². The lowest BCUT2D eigenvalue weighted by atomic mass is 9.63. The molecule has 6 heteroatoms. The molecule has 2 aliphatic carbocycles. The van der Waals surface area contributed by atoms with Gasteiger partial charge in [-0.05, 0) is 61.9 Å². The fourth-order valence-corrected chi connectivity index (χ4v) is 5.90. The van der Waals surface area contributed by atoms with Gasteiger partial charge in [-0.15, -0.1) is 0 Å². The van der Waals surface area contributed by atoms with Crippen LogP contribution in [0.2, 0.25) is 5.02 Å². The highest BCUT2D eigenvalue weighted by molar-refractivity contribution is 6.33. The molecule has 0 amide bonds. The maximum atomic E-state index is 10.6. The van der Waals surface area contributed by atoms with Crippen molar-refractivity contribution >= 4 is 17.7 Å². The molecular weight excluding hydrogens is 378 g/mol. The molecule has 150 valence electrons. The summed E-state index contributed by atoms with van der Waals surface area (Å²) in [4.78, 5) is 11.6. The third-order valence-corrected chi connectivity index (χ3v) is 7.00. The predicted molar refractivity (Wildman–Crippen MR) is 105 cm³/mol.